The van der Waals surface area contributed by atoms with Crippen molar-refractivity contribution in [3.8, 4) is 17.2 Å². The number of nitrogens with zero attached hydrogens (tertiary/aromatic N) is 4. The van der Waals surface area contributed by atoms with Crippen LogP contribution in [0, 0.1) is 0 Å². The number of para-hydroxylation sites is 1. The molecule has 0 unspecified atom stereocenters. The molecule has 0 aliphatic carbocycles. The second kappa shape index (κ2) is 15.0. The highest BCUT2D eigenvalue weighted by Gasteiger charge is 2.31. The third-order valence-electron chi connectivity index (χ3n) is 6.55. The minimum atomic E-state index is -4.69. The molecule has 2 heterocycles. The van der Waals surface area contributed by atoms with Gasteiger partial charge >= 0.3 is 6.36 Å². The van der Waals surface area contributed by atoms with E-state index in [9.17, 15) is 13.2 Å². The van der Waals surface area contributed by atoms with Gasteiger partial charge in [-0.05, 0) is 64.1 Å². The second-order valence-electron chi connectivity index (χ2n) is 10.6. The number of imidazole rings is 2. The van der Waals surface area contributed by atoms with Crippen LogP contribution in [0.1, 0.15) is 39.1 Å². The largest absolute Gasteiger partial charge is 0.573 e. The van der Waals surface area contributed by atoms with E-state index in [2.05, 4.69) is 55.6 Å². The molecule has 5 rings (SSSR count). The number of aromatic nitrogens is 4. The number of hydrogen-bond acceptors (Lipinski definition) is 6. The zero-order valence-electron chi connectivity index (χ0n) is 25.1. The standard InChI is InChI=1S/C19H21N3O.C14H16F3N3O/c1-15(2)22(13-16-12-20-14-21-16)17-7-6-10-19(11-17)23-18-8-4-3-5-9-18;1-10(2)20(8-11-7-18-9-19-11)12-4-3-5-13(6-12)21-14(15,16)17/h3-12,14-15H,13H2,1-2H3,(H,20,21);3-7,9-10H,8H2,1-2H3,(H,18,19). The first-order chi connectivity index (χ1) is 21.1. The molecule has 2 aromatic heterocycles. The molecule has 0 saturated carbocycles. The summed E-state index contributed by atoms with van der Waals surface area (Å²) < 4.78 is 46.8. The topological polar surface area (TPSA) is 82.3 Å². The smallest absolute Gasteiger partial charge is 0.457 e. The molecular weight excluding hydrogens is 569 g/mol. The van der Waals surface area contributed by atoms with Crippen LogP contribution >= 0.6 is 0 Å². The van der Waals surface area contributed by atoms with E-state index in [-0.39, 0.29) is 11.8 Å². The lowest BCUT2D eigenvalue weighted by atomic mass is 10.2. The van der Waals surface area contributed by atoms with Crippen molar-refractivity contribution in [2.24, 2.45) is 0 Å². The summed E-state index contributed by atoms with van der Waals surface area (Å²) >= 11 is 0. The van der Waals surface area contributed by atoms with E-state index < -0.39 is 6.36 Å². The molecule has 0 aliphatic heterocycles. The minimum Gasteiger partial charge on any atom is -0.457 e. The predicted molar refractivity (Wildman–Crippen MR) is 166 cm³/mol. The Bertz CT molecular complexity index is 1520. The van der Waals surface area contributed by atoms with Gasteiger partial charge in [-0.3, -0.25) is 0 Å². The third kappa shape index (κ3) is 9.82. The highest BCUT2D eigenvalue weighted by atomic mass is 19.4. The number of hydrogen-bond donors (Lipinski definition) is 2. The highest BCUT2D eigenvalue weighted by Crippen LogP contribution is 2.29. The molecule has 3 aromatic carbocycles. The van der Waals surface area contributed by atoms with Gasteiger partial charge in [-0.1, -0.05) is 30.3 Å². The van der Waals surface area contributed by atoms with Crippen molar-refractivity contribution >= 4 is 11.4 Å². The number of anilines is 2. The minimum absolute atomic E-state index is 0.106. The summed E-state index contributed by atoms with van der Waals surface area (Å²) in [4.78, 5) is 18.4. The number of benzene rings is 3. The van der Waals surface area contributed by atoms with Crippen LogP contribution < -0.4 is 19.3 Å². The number of alkyl halides is 3. The first-order valence-electron chi connectivity index (χ1n) is 14.2. The van der Waals surface area contributed by atoms with Crippen molar-refractivity contribution in [2.75, 3.05) is 9.80 Å². The van der Waals surface area contributed by atoms with Gasteiger partial charge in [0, 0.05) is 48.0 Å². The molecule has 0 saturated heterocycles. The molecule has 2 N–H and O–H groups in total. The quantitative estimate of drug-likeness (QED) is 0.157. The Labute approximate surface area is 255 Å². The van der Waals surface area contributed by atoms with Gasteiger partial charge in [0.1, 0.15) is 17.2 Å². The molecule has 8 nitrogen and oxygen atoms in total. The average Bonchev–Trinajstić information content (AvgIpc) is 3.69. The van der Waals surface area contributed by atoms with Crippen LogP contribution in [0.2, 0.25) is 0 Å². The van der Waals surface area contributed by atoms with Crippen molar-refractivity contribution in [1.82, 2.24) is 19.9 Å². The number of rotatable bonds is 11. The van der Waals surface area contributed by atoms with Crippen molar-refractivity contribution in [3.63, 3.8) is 0 Å². The van der Waals surface area contributed by atoms with Gasteiger partial charge in [0.25, 0.3) is 0 Å². The van der Waals surface area contributed by atoms with Gasteiger partial charge in [-0.2, -0.15) is 0 Å². The van der Waals surface area contributed by atoms with Crippen LogP contribution in [0.5, 0.6) is 17.2 Å². The van der Waals surface area contributed by atoms with Gasteiger partial charge in [0.05, 0.1) is 37.1 Å². The SMILES string of the molecule is CC(C)N(Cc1cnc[nH]1)c1cccc(OC(F)(F)F)c1.CC(C)N(Cc1cnc[nH]1)c1cccc(Oc2ccccc2)c1. The Balaban J connectivity index is 0.000000202. The highest BCUT2D eigenvalue weighted by molar-refractivity contribution is 5.53. The monoisotopic (exact) mass is 606 g/mol. The molecule has 44 heavy (non-hydrogen) atoms. The van der Waals surface area contributed by atoms with E-state index in [1.54, 1.807) is 31.0 Å². The normalized spacial score (nSPS) is 11.2. The van der Waals surface area contributed by atoms with E-state index >= 15 is 0 Å². The van der Waals surface area contributed by atoms with E-state index in [0.29, 0.717) is 18.3 Å². The summed E-state index contributed by atoms with van der Waals surface area (Å²) in [6.07, 6.45) is 2.13. The molecule has 0 spiro atoms. The third-order valence-corrected chi connectivity index (χ3v) is 6.55. The van der Waals surface area contributed by atoms with Crippen LogP contribution in [0.3, 0.4) is 0 Å². The number of aromatic amines is 2. The molecule has 0 amide bonds. The van der Waals surface area contributed by atoms with Crippen molar-refractivity contribution in [3.05, 3.63) is 115 Å². The van der Waals surface area contributed by atoms with E-state index in [1.165, 1.54) is 12.1 Å². The summed E-state index contributed by atoms with van der Waals surface area (Å²) in [6.45, 7) is 9.60. The van der Waals surface area contributed by atoms with Crippen LogP contribution in [-0.4, -0.2) is 38.4 Å². The lowest BCUT2D eigenvalue weighted by Gasteiger charge is -2.28. The summed E-state index contributed by atoms with van der Waals surface area (Å²) in [5, 5.41) is 0. The molecule has 0 aliphatic rings. The molecule has 0 atom stereocenters. The van der Waals surface area contributed by atoms with Crippen molar-refractivity contribution in [2.45, 2.75) is 59.2 Å². The Kier molecular flexibility index (Phi) is 10.9. The molecule has 0 bridgehead atoms. The van der Waals surface area contributed by atoms with Gasteiger partial charge in [0.2, 0.25) is 0 Å². The fourth-order valence-electron chi connectivity index (χ4n) is 4.46. The van der Waals surface area contributed by atoms with E-state index in [0.717, 1.165) is 35.1 Å². The lowest BCUT2D eigenvalue weighted by Crippen LogP contribution is -2.30. The fraction of sp³-hybridized carbons (Fsp3) is 0.273. The summed E-state index contributed by atoms with van der Waals surface area (Å²) in [5.41, 5.74) is 3.75. The van der Waals surface area contributed by atoms with Crippen LogP contribution in [0.25, 0.3) is 0 Å². The molecule has 0 fully saturated rings. The van der Waals surface area contributed by atoms with Gasteiger partial charge in [-0.15, -0.1) is 13.2 Å². The fourth-order valence-corrected chi connectivity index (χ4v) is 4.46. The van der Waals surface area contributed by atoms with Crippen LogP contribution in [-0.2, 0) is 13.1 Å². The zero-order valence-corrected chi connectivity index (χ0v) is 25.1. The zero-order chi connectivity index (χ0) is 31.5. The maximum absolute atomic E-state index is 12.3. The van der Waals surface area contributed by atoms with E-state index in [1.807, 2.05) is 67.4 Å². The maximum Gasteiger partial charge on any atom is 0.573 e. The summed E-state index contributed by atoms with van der Waals surface area (Å²) in [7, 11) is 0. The van der Waals surface area contributed by atoms with Gasteiger partial charge < -0.3 is 29.2 Å². The van der Waals surface area contributed by atoms with Crippen molar-refractivity contribution in [1.29, 1.82) is 0 Å². The first kappa shape index (κ1) is 32.0. The Hall–Kier alpha value is -4.93. The number of H-pyrrole nitrogens is 2. The first-order valence-corrected chi connectivity index (χ1v) is 14.2. The van der Waals surface area contributed by atoms with Gasteiger partial charge in [0.15, 0.2) is 0 Å². The second-order valence-corrected chi connectivity index (χ2v) is 10.6. The molecule has 0 radical (unpaired) electrons. The van der Waals surface area contributed by atoms with Crippen LogP contribution in [0.15, 0.2) is 104 Å². The molecule has 232 valence electrons. The maximum atomic E-state index is 12.3. The summed E-state index contributed by atoms with van der Waals surface area (Å²) in [6, 6.07) is 24.4. The number of ether oxygens (including phenoxy) is 2. The lowest BCUT2D eigenvalue weighted by molar-refractivity contribution is -0.274. The van der Waals surface area contributed by atoms with Gasteiger partial charge in [-0.25, -0.2) is 9.97 Å². The van der Waals surface area contributed by atoms with Crippen LogP contribution in [0.4, 0.5) is 24.5 Å². The average molecular weight is 607 g/mol. The predicted octanol–water partition coefficient (Wildman–Crippen LogP) is 8.34. The molecular formula is C33H37F3N6O2. The number of halogens is 3. The Morgan fingerprint density at radius 3 is 1.59 bits per heavy atom. The Morgan fingerprint density at radius 1 is 0.659 bits per heavy atom. The van der Waals surface area contributed by atoms with E-state index in [4.69, 9.17) is 4.74 Å². The molecule has 11 heteroatoms. The Morgan fingerprint density at radius 2 is 1.14 bits per heavy atom. The molecule has 5 aromatic rings. The number of nitrogens with one attached hydrogen (secondary N) is 2. The van der Waals surface area contributed by atoms with Crippen molar-refractivity contribution < 1.29 is 22.6 Å². The summed E-state index contributed by atoms with van der Waals surface area (Å²) in [5.74, 6) is 1.45.